The van der Waals surface area contributed by atoms with Crippen molar-refractivity contribution in [3.05, 3.63) is 30.1 Å². The minimum absolute atomic E-state index is 0.378. The lowest BCUT2D eigenvalue weighted by atomic mass is 10.2. The monoisotopic (exact) mass is 323 g/mol. The molecule has 7 heteroatoms. The number of rotatable bonds is 2. The van der Waals surface area contributed by atoms with Gasteiger partial charge >= 0.3 is 5.38 Å². The van der Waals surface area contributed by atoms with E-state index in [0.717, 1.165) is 25.9 Å². The van der Waals surface area contributed by atoms with E-state index in [1.807, 2.05) is 17.0 Å². The van der Waals surface area contributed by atoms with Gasteiger partial charge in [0.15, 0.2) is 11.4 Å². The van der Waals surface area contributed by atoms with Crippen LogP contribution in [-0.4, -0.2) is 23.1 Å². The van der Waals surface area contributed by atoms with Gasteiger partial charge in [-0.2, -0.15) is 8.78 Å². The lowest BCUT2D eigenvalue weighted by Gasteiger charge is -2.17. The van der Waals surface area contributed by atoms with Crippen LogP contribution in [0.2, 0.25) is 0 Å². The van der Waals surface area contributed by atoms with Gasteiger partial charge in [0.2, 0.25) is 5.82 Å². The Morgan fingerprint density at radius 1 is 1.14 bits per heavy atom. The summed E-state index contributed by atoms with van der Waals surface area (Å²) >= 11 is 5.15. The smallest absolute Gasteiger partial charge is 0.381 e. The van der Waals surface area contributed by atoms with Crippen LogP contribution in [0.1, 0.15) is 18.7 Å². The van der Waals surface area contributed by atoms with Crippen LogP contribution in [0, 0.1) is 0 Å². The zero-order valence-corrected chi connectivity index (χ0v) is 12.3. The van der Waals surface area contributed by atoms with Gasteiger partial charge in [-0.05, 0) is 36.6 Å². The van der Waals surface area contributed by atoms with E-state index in [1.54, 1.807) is 12.1 Å². The number of aromatic nitrogens is 2. The molecule has 3 aromatic rings. The zero-order valence-electron chi connectivity index (χ0n) is 11.5. The summed E-state index contributed by atoms with van der Waals surface area (Å²) in [6, 6.07) is 7.21. The Morgan fingerprint density at radius 2 is 1.86 bits per heavy atom. The number of alkyl halides is 3. The first-order chi connectivity index (χ1) is 10.5. The second-order valence-electron chi connectivity index (χ2n) is 5.34. The van der Waals surface area contributed by atoms with Gasteiger partial charge in [0, 0.05) is 18.5 Å². The van der Waals surface area contributed by atoms with Crippen LogP contribution < -0.4 is 4.90 Å². The van der Waals surface area contributed by atoms with E-state index in [4.69, 9.17) is 16.0 Å². The molecule has 114 valence electrons. The third kappa shape index (κ3) is 2.09. The number of anilines is 1. The van der Waals surface area contributed by atoms with E-state index in [9.17, 15) is 8.78 Å². The van der Waals surface area contributed by atoms with Gasteiger partial charge in [-0.1, -0.05) is 12.1 Å². The molecule has 3 heterocycles. The third-order valence-corrected chi connectivity index (χ3v) is 4.03. The van der Waals surface area contributed by atoms with Crippen molar-refractivity contribution in [2.75, 3.05) is 18.0 Å². The largest absolute Gasteiger partial charge is 0.450 e. The maximum absolute atomic E-state index is 13.5. The van der Waals surface area contributed by atoms with Gasteiger partial charge in [0.1, 0.15) is 11.1 Å². The first-order valence-corrected chi connectivity index (χ1v) is 7.43. The number of halogens is 3. The fourth-order valence-corrected chi connectivity index (χ4v) is 2.93. The normalized spacial score (nSPS) is 16.0. The van der Waals surface area contributed by atoms with Gasteiger partial charge in [0.05, 0.1) is 0 Å². The zero-order chi connectivity index (χ0) is 15.3. The van der Waals surface area contributed by atoms with Crippen molar-refractivity contribution in [3.8, 4) is 0 Å². The van der Waals surface area contributed by atoms with Gasteiger partial charge in [-0.25, -0.2) is 9.97 Å². The summed E-state index contributed by atoms with van der Waals surface area (Å²) < 4.78 is 32.9. The number of para-hydroxylation sites is 1. The topological polar surface area (TPSA) is 42.2 Å². The highest BCUT2D eigenvalue weighted by molar-refractivity contribution is 6.21. The number of hydrogen-bond acceptors (Lipinski definition) is 4. The molecular formula is C15H12ClF2N3O. The average molecular weight is 324 g/mol. The van der Waals surface area contributed by atoms with Gasteiger partial charge in [-0.15, -0.1) is 0 Å². The van der Waals surface area contributed by atoms with Gasteiger partial charge < -0.3 is 9.32 Å². The first kappa shape index (κ1) is 13.7. The Kier molecular flexibility index (Phi) is 2.97. The molecule has 0 saturated carbocycles. The Bertz CT molecular complexity index is 853. The van der Waals surface area contributed by atoms with Crippen molar-refractivity contribution in [2.24, 2.45) is 0 Å². The summed E-state index contributed by atoms with van der Waals surface area (Å²) in [5, 5.41) is -2.93. The molecule has 1 fully saturated rings. The van der Waals surface area contributed by atoms with E-state index in [1.165, 1.54) is 0 Å². The quantitative estimate of drug-likeness (QED) is 0.661. The molecule has 2 aromatic heterocycles. The van der Waals surface area contributed by atoms with Crippen LogP contribution >= 0.6 is 11.6 Å². The highest BCUT2D eigenvalue weighted by Gasteiger charge is 2.35. The third-order valence-electron chi connectivity index (χ3n) is 3.86. The molecule has 0 radical (unpaired) electrons. The summed E-state index contributed by atoms with van der Waals surface area (Å²) in [4.78, 5) is 9.88. The van der Waals surface area contributed by atoms with Crippen LogP contribution in [0.3, 0.4) is 0 Å². The van der Waals surface area contributed by atoms with Crippen molar-refractivity contribution in [1.82, 2.24) is 9.97 Å². The van der Waals surface area contributed by atoms with E-state index < -0.39 is 11.2 Å². The number of nitrogens with zero attached hydrogens (tertiary/aromatic N) is 3. The number of hydrogen-bond donors (Lipinski definition) is 0. The van der Waals surface area contributed by atoms with Crippen molar-refractivity contribution in [1.29, 1.82) is 0 Å². The maximum atomic E-state index is 13.5. The molecule has 22 heavy (non-hydrogen) atoms. The number of benzene rings is 1. The Balaban J connectivity index is 2.06. The highest BCUT2D eigenvalue weighted by Crippen LogP contribution is 2.38. The Morgan fingerprint density at radius 3 is 2.59 bits per heavy atom. The summed E-state index contributed by atoms with van der Waals surface area (Å²) in [7, 11) is 0. The van der Waals surface area contributed by atoms with E-state index in [-0.39, 0.29) is 0 Å². The Hall–Kier alpha value is -1.95. The molecule has 0 amide bonds. The van der Waals surface area contributed by atoms with Gasteiger partial charge in [-0.3, -0.25) is 0 Å². The van der Waals surface area contributed by atoms with Crippen LogP contribution in [0.25, 0.3) is 22.1 Å². The molecule has 0 N–H and O–H groups in total. The van der Waals surface area contributed by atoms with Crippen LogP contribution in [0.5, 0.6) is 0 Å². The van der Waals surface area contributed by atoms with Crippen molar-refractivity contribution in [2.45, 2.75) is 18.2 Å². The molecule has 1 aliphatic heterocycles. The second kappa shape index (κ2) is 4.78. The molecule has 1 saturated heterocycles. The summed E-state index contributed by atoms with van der Waals surface area (Å²) in [5.74, 6) is -0.288. The van der Waals surface area contributed by atoms with Crippen molar-refractivity contribution >= 4 is 39.5 Å². The fraction of sp³-hybridized carbons (Fsp3) is 0.333. The second-order valence-corrected chi connectivity index (χ2v) is 5.81. The standard InChI is InChI=1S/C15H12ClF2N3O/c16-15(17,18)14-19-11-9-5-1-2-6-10(9)22-12(11)13(20-14)21-7-3-4-8-21/h1-2,5-6H,3-4,7-8H2. The fourth-order valence-electron chi connectivity index (χ4n) is 2.85. The van der Waals surface area contributed by atoms with Crippen molar-refractivity contribution in [3.63, 3.8) is 0 Å². The molecule has 0 spiro atoms. The van der Waals surface area contributed by atoms with E-state index in [0.29, 0.717) is 27.9 Å². The Labute approximate surface area is 129 Å². The minimum Gasteiger partial charge on any atom is -0.450 e. The SMILES string of the molecule is FC(F)(Cl)c1nc(N2CCCC2)c2oc3ccccc3c2n1. The summed E-state index contributed by atoms with van der Waals surface area (Å²) in [6.07, 6.45) is 2.00. The molecule has 0 atom stereocenters. The van der Waals surface area contributed by atoms with Crippen LogP contribution in [0.15, 0.2) is 28.7 Å². The highest BCUT2D eigenvalue weighted by atomic mass is 35.5. The molecule has 1 aliphatic rings. The maximum Gasteiger partial charge on any atom is 0.381 e. The van der Waals surface area contributed by atoms with E-state index in [2.05, 4.69) is 9.97 Å². The molecule has 0 bridgehead atoms. The predicted octanol–water partition coefficient (Wildman–Crippen LogP) is 4.26. The summed E-state index contributed by atoms with van der Waals surface area (Å²) in [5.41, 5.74) is 1.41. The number of furan rings is 1. The van der Waals surface area contributed by atoms with Gasteiger partial charge in [0.25, 0.3) is 0 Å². The molecule has 4 rings (SSSR count). The first-order valence-electron chi connectivity index (χ1n) is 7.05. The average Bonchev–Trinajstić information content (AvgIpc) is 3.12. The van der Waals surface area contributed by atoms with Crippen molar-refractivity contribution < 1.29 is 13.2 Å². The lowest BCUT2D eigenvalue weighted by molar-refractivity contribution is 0.0850. The minimum atomic E-state index is -3.61. The molecular weight excluding hydrogens is 312 g/mol. The lowest BCUT2D eigenvalue weighted by Crippen LogP contribution is -2.21. The summed E-state index contributed by atoms with van der Waals surface area (Å²) in [6.45, 7) is 1.52. The molecule has 4 nitrogen and oxygen atoms in total. The van der Waals surface area contributed by atoms with Crippen LogP contribution in [0.4, 0.5) is 14.6 Å². The predicted molar refractivity (Wildman–Crippen MR) is 80.5 cm³/mol. The van der Waals surface area contributed by atoms with Crippen LogP contribution in [-0.2, 0) is 5.38 Å². The number of fused-ring (bicyclic) bond motifs is 3. The molecule has 1 aromatic carbocycles. The molecule has 0 unspecified atom stereocenters. The van der Waals surface area contributed by atoms with E-state index >= 15 is 0 Å². The molecule has 0 aliphatic carbocycles.